The summed E-state index contributed by atoms with van der Waals surface area (Å²) in [7, 11) is 0. The van der Waals surface area contributed by atoms with Crippen molar-refractivity contribution in [3.05, 3.63) is 34.1 Å². The molecule has 20 heavy (non-hydrogen) atoms. The summed E-state index contributed by atoms with van der Waals surface area (Å²) in [5.74, 6) is -0.513. The Bertz CT molecular complexity index is 479. The first-order chi connectivity index (χ1) is 9.56. The molecule has 0 spiro atoms. The summed E-state index contributed by atoms with van der Waals surface area (Å²) in [6.45, 7) is 0.880. The second-order valence-electron chi connectivity index (χ2n) is 4.97. The smallest absolute Gasteiger partial charge is 0.254 e. The zero-order valence-corrected chi connectivity index (χ0v) is 12.5. The number of carbonyl (C=O) groups excluding carboxylic acids is 1. The van der Waals surface area contributed by atoms with Crippen LogP contribution < -0.4 is 5.32 Å². The SMILES string of the molecule is O=C(NCC(O)COCC1CC1)c1ccc(Br)cc1F. The fraction of sp³-hybridized carbons (Fsp3) is 0.500. The van der Waals surface area contributed by atoms with E-state index >= 15 is 0 Å². The molecule has 1 saturated carbocycles. The third-order valence-corrected chi connectivity index (χ3v) is 3.53. The van der Waals surface area contributed by atoms with E-state index in [1.165, 1.54) is 25.0 Å². The minimum Gasteiger partial charge on any atom is -0.389 e. The summed E-state index contributed by atoms with van der Waals surface area (Å²) >= 11 is 3.12. The van der Waals surface area contributed by atoms with Gasteiger partial charge in [-0.3, -0.25) is 4.79 Å². The number of aliphatic hydroxyl groups is 1. The van der Waals surface area contributed by atoms with Crippen molar-refractivity contribution in [3.8, 4) is 0 Å². The van der Waals surface area contributed by atoms with Gasteiger partial charge >= 0.3 is 0 Å². The van der Waals surface area contributed by atoms with E-state index in [1.54, 1.807) is 6.07 Å². The first-order valence-corrected chi connectivity index (χ1v) is 7.34. The van der Waals surface area contributed by atoms with E-state index in [0.29, 0.717) is 17.0 Å². The van der Waals surface area contributed by atoms with Crippen LogP contribution in [-0.4, -0.2) is 36.9 Å². The Hall–Kier alpha value is -0.980. The van der Waals surface area contributed by atoms with Gasteiger partial charge in [0.2, 0.25) is 0 Å². The number of aliphatic hydroxyl groups excluding tert-OH is 1. The van der Waals surface area contributed by atoms with Gasteiger partial charge in [-0.15, -0.1) is 0 Å². The monoisotopic (exact) mass is 345 g/mol. The normalized spacial score (nSPS) is 15.9. The van der Waals surface area contributed by atoms with Gasteiger partial charge < -0.3 is 15.2 Å². The van der Waals surface area contributed by atoms with Crippen molar-refractivity contribution < 1.29 is 19.0 Å². The van der Waals surface area contributed by atoms with Crippen molar-refractivity contribution in [1.29, 1.82) is 0 Å². The molecule has 0 saturated heterocycles. The molecule has 1 aromatic carbocycles. The zero-order valence-electron chi connectivity index (χ0n) is 10.9. The largest absolute Gasteiger partial charge is 0.389 e. The number of hydrogen-bond donors (Lipinski definition) is 2. The molecule has 0 aromatic heterocycles. The number of hydrogen-bond acceptors (Lipinski definition) is 3. The molecule has 2 N–H and O–H groups in total. The van der Waals surface area contributed by atoms with Gasteiger partial charge in [-0.25, -0.2) is 4.39 Å². The fourth-order valence-electron chi connectivity index (χ4n) is 1.69. The predicted molar refractivity (Wildman–Crippen MR) is 76.0 cm³/mol. The minimum absolute atomic E-state index is 0.0407. The van der Waals surface area contributed by atoms with Crippen LogP contribution in [0.3, 0.4) is 0 Å². The van der Waals surface area contributed by atoms with Crippen molar-refractivity contribution in [2.45, 2.75) is 18.9 Å². The Kier molecular flexibility index (Phi) is 5.51. The quantitative estimate of drug-likeness (QED) is 0.795. The van der Waals surface area contributed by atoms with E-state index < -0.39 is 17.8 Å². The van der Waals surface area contributed by atoms with Crippen LogP contribution in [0.25, 0.3) is 0 Å². The van der Waals surface area contributed by atoms with E-state index in [1.807, 2.05) is 0 Å². The van der Waals surface area contributed by atoms with Gasteiger partial charge in [0.05, 0.1) is 18.3 Å². The predicted octanol–water partition coefficient (Wildman–Crippen LogP) is 2.11. The van der Waals surface area contributed by atoms with Crippen molar-refractivity contribution in [2.24, 2.45) is 5.92 Å². The fourth-order valence-corrected chi connectivity index (χ4v) is 2.03. The molecular weight excluding hydrogens is 329 g/mol. The zero-order chi connectivity index (χ0) is 14.5. The number of rotatable bonds is 7. The molecule has 0 heterocycles. The minimum atomic E-state index is -0.781. The van der Waals surface area contributed by atoms with E-state index in [9.17, 15) is 14.3 Å². The van der Waals surface area contributed by atoms with Crippen LogP contribution in [0.4, 0.5) is 4.39 Å². The third-order valence-electron chi connectivity index (χ3n) is 3.03. The number of nitrogens with one attached hydrogen (secondary N) is 1. The van der Waals surface area contributed by atoms with E-state index in [2.05, 4.69) is 21.2 Å². The molecule has 0 aliphatic heterocycles. The lowest BCUT2D eigenvalue weighted by molar-refractivity contribution is 0.0320. The lowest BCUT2D eigenvalue weighted by Crippen LogP contribution is -2.35. The molecule has 0 radical (unpaired) electrons. The third kappa shape index (κ3) is 4.85. The summed E-state index contributed by atoms with van der Waals surface area (Å²) in [5, 5.41) is 12.1. The van der Waals surface area contributed by atoms with E-state index in [0.717, 1.165) is 0 Å². The molecule has 2 rings (SSSR count). The molecule has 0 bridgehead atoms. The van der Waals surface area contributed by atoms with Crippen molar-refractivity contribution in [3.63, 3.8) is 0 Å². The average Bonchev–Trinajstić information content (AvgIpc) is 3.20. The van der Waals surface area contributed by atoms with Crippen LogP contribution in [0.1, 0.15) is 23.2 Å². The van der Waals surface area contributed by atoms with Crippen LogP contribution in [0.5, 0.6) is 0 Å². The maximum absolute atomic E-state index is 13.5. The molecule has 4 nitrogen and oxygen atoms in total. The average molecular weight is 346 g/mol. The Morgan fingerprint density at radius 3 is 2.95 bits per heavy atom. The summed E-state index contributed by atoms with van der Waals surface area (Å²) in [5.41, 5.74) is -0.0423. The highest BCUT2D eigenvalue weighted by atomic mass is 79.9. The van der Waals surface area contributed by atoms with Crippen molar-refractivity contribution >= 4 is 21.8 Å². The van der Waals surface area contributed by atoms with Gasteiger partial charge in [-0.2, -0.15) is 0 Å². The Labute approximate surface area is 125 Å². The van der Waals surface area contributed by atoms with Gasteiger partial charge in [-0.05, 0) is 37.0 Å². The van der Waals surface area contributed by atoms with Crippen LogP contribution in [0, 0.1) is 11.7 Å². The van der Waals surface area contributed by atoms with E-state index in [4.69, 9.17) is 4.74 Å². The molecule has 1 fully saturated rings. The second kappa shape index (κ2) is 7.15. The molecule has 1 atom stereocenters. The van der Waals surface area contributed by atoms with Crippen LogP contribution >= 0.6 is 15.9 Å². The molecule has 6 heteroatoms. The molecule has 1 aliphatic rings. The molecular formula is C14H17BrFNO3. The standard InChI is InChI=1S/C14H17BrFNO3/c15-10-3-4-12(13(16)5-10)14(19)17-6-11(18)8-20-7-9-1-2-9/h3-5,9,11,18H,1-2,6-8H2,(H,17,19). The maximum atomic E-state index is 13.5. The van der Waals surface area contributed by atoms with Crippen LogP contribution in [-0.2, 0) is 4.74 Å². The molecule has 1 aliphatic carbocycles. The van der Waals surface area contributed by atoms with Gasteiger partial charge in [0.25, 0.3) is 5.91 Å². The molecule has 1 unspecified atom stereocenters. The number of ether oxygens (including phenoxy) is 1. The van der Waals surface area contributed by atoms with E-state index in [-0.39, 0.29) is 18.7 Å². The topological polar surface area (TPSA) is 58.6 Å². The summed E-state index contributed by atoms with van der Waals surface area (Å²) in [4.78, 5) is 11.8. The number of halogens is 2. The summed E-state index contributed by atoms with van der Waals surface area (Å²) in [6, 6.07) is 4.21. The molecule has 1 amide bonds. The first-order valence-electron chi connectivity index (χ1n) is 6.55. The van der Waals surface area contributed by atoms with Gasteiger partial charge in [0.15, 0.2) is 0 Å². The molecule has 1 aromatic rings. The highest BCUT2D eigenvalue weighted by molar-refractivity contribution is 9.10. The highest BCUT2D eigenvalue weighted by Crippen LogP contribution is 2.28. The Morgan fingerprint density at radius 1 is 1.55 bits per heavy atom. The van der Waals surface area contributed by atoms with Crippen molar-refractivity contribution in [1.82, 2.24) is 5.32 Å². The van der Waals surface area contributed by atoms with Gasteiger partial charge in [0, 0.05) is 17.6 Å². The summed E-state index contributed by atoms with van der Waals surface area (Å²) < 4.78 is 19.4. The Balaban J connectivity index is 1.72. The lowest BCUT2D eigenvalue weighted by Gasteiger charge is -2.12. The van der Waals surface area contributed by atoms with Crippen LogP contribution in [0.15, 0.2) is 22.7 Å². The van der Waals surface area contributed by atoms with Crippen molar-refractivity contribution in [2.75, 3.05) is 19.8 Å². The summed E-state index contributed by atoms with van der Waals surface area (Å²) in [6.07, 6.45) is 1.60. The van der Waals surface area contributed by atoms with Crippen LogP contribution in [0.2, 0.25) is 0 Å². The highest BCUT2D eigenvalue weighted by Gasteiger charge is 2.21. The number of benzene rings is 1. The van der Waals surface area contributed by atoms with Gasteiger partial charge in [0.1, 0.15) is 5.82 Å². The van der Waals surface area contributed by atoms with Gasteiger partial charge in [-0.1, -0.05) is 15.9 Å². The maximum Gasteiger partial charge on any atom is 0.254 e. The number of amides is 1. The Morgan fingerprint density at radius 2 is 2.30 bits per heavy atom. The lowest BCUT2D eigenvalue weighted by atomic mass is 10.2. The molecule has 110 valence electrons. The second-order valence-corrected chi connectivity index (χ2v) is 5.88. The first kappa shape index (κ1) is 15.4. The number of carbonyl (C=O) groups is 1.